The van der Waals surface area contributed by atoms with E-state index in [9.17, 15) is 8.78 Å². The van der Waals surface area contributed by atoms with Gasteiger partial charge in [0.15, 0.2) is 23.1 Å². The van der Waals surface area contributed by atoms with Crippen LogP contribution in [0.2, 0.25) is 0 Å². The summed E-state index contributed by atoms with van der Waals surface area (Å²) in [7, 11) is 0. The van der Waals surface area contributed by atoms with Crippen LogP contribution in [-0.4, -0.2) is 13.2 Å². The second kappa shape index (κ2) is 11.0. The van der Waals surface area contributed by atoms with Crippen molar-refractivity contribution in [3.63, 3.8) is 0 Å². The van der Waals surface area contributed by atoms with Gasteiger partial charge in [0, 0.05) is 0 Å². The molecule has 0 bridgehead atoms. The van der Waals surface area contributed by atoms with E-state index in [2.05, 4.69) is 27.4 Å². The van der Waals surface area contributed by atoms with Gasteiger partial charge in [-0.05, 0) is 65.3 Å². The summed E-state index contributed by atoms with van der Waals surface area (Å²) in [6.45, 7) is 17.0. The van der Waals surface area contributed by atoms with Crippen LogP contribution in [0.3, 0.4) is 0 Å². The molecule has 0 aliphatic heterocycles. The van der Waals surface area contributed by atoms with Crippen molar-refractivity contribution in [2.24, 2.45) is 5.92 Å². The molecule has 1 aliphatic rings. The van der Waals surface area contributed by atoms with Crippen LogP contribution in [0.15, 0.2) is 49.1 Å². The van der Waals surface area contributed by atoms with Crippen molar-refractivity contribution in [2.45, 2.75) is 71.6 Å². The molecule has 0 unspecified atom stereocenters. The van der Waals surface area contributed by atoms with Crippen LogP contribution < -0.4 is 9.47 Å². The van der Waals surface area contributed by atoms with Crippen molar-refractivity contribution in [3.8, 4) is 11.5 Å². The van der Waals surface area contributed by atoms with Gasteiger partial charge >= 0.3 is 0 Å². The fraction of sp³-hybridized carbons (Fsp3) is 0.500. The third-order valence-corrected chi connectivity index (χ3v) is 5.90. The highest BCUT2D eigenvalue weighted by molar-refractivity contribution is 5.35. The molecule has 1 fully saturated rings. The van der Waals surface area contributed by atoms with Gasteiger partial charge in [-0.15, -0.1) is 0 Å². The Morgan fingerprint density at radius 1 is 1.00 bits per heavy atom. The molecule has 2 aromatic carbocycles. The Morgan fingerprint density at radius 3 is 2.25 bits per heavy atom. The van der Waals surface area contributed by atoms with Gasteiger partial charge in [0.1, 0.15) is 6.61 Å². The van der Waals surface area contributed by atoms with E-state index in [1.165, 1.54) is 18.9 Å². The van der Waals surface area contributed by atoms with E-state index in [4.69, 9.17) is 9.47 Å². The second-order valence-corrected chi connectivity index (χ2v) is 10.1. The van der Waals surface area contributed by atoms with Gasteiger partial charge in [-0.1, -0.05) is 72.4 Å². The fourth-order valence-corrected chi connectivity index (χ4v) is 3.08. The Balaban J connectivity index is 0.000000227. The molecule has 4 heteroatoms. The molecule has 1 aliphatic carbocycles. The first-order chi connectivity index (χ1) is 15.0. The summed E-state index contributed by atoms with van der Waals surface area (Å²) in [5, 5.41) is 0. The quantitative estimate of drug-likeness (QED) is 0.384. The summed E-state index contributed by atoms with van der Waals surface area (Å²) < 4.78 is 38.3. The molecule has 0 radical (unpaired) electrons. The van der Waals surface area contributed by atoms with E-state index < -0.39 is 0 Å². The first-order valence-corrected chi connectivity index (χ1v) is 11.4. The molecule has 0 N–H and O–H groups in total. The molecule has 176 valence electrons. The summed E-state index contributed by atoms with van der Waals surface area (Å²) in [5.41, 5.74) is 1.68. The van der Waals surface area contributed by atoms with E-state index in [1.54, 1.807) is 18.2 Å². The molecule has 0 atom stereocenters. The molecular formula is C28H38F2O2. The molecule has 2 aromatic rings. The minimum atomic E-state index is -0.322. The van der Waals surface area contributed by atoms with Gasteiger partial charge in [-0.2, -0.15) is 0 Å². The number of rotatable bonds is 8. The van der Waals surface area contributed by atoms with Crippen molar-refractivity contribution in [1.29, 1.82) is 0 Å². The Morgan fingerprint density at radius 2 is 1.69 bits per heavy atom. The molecule has 0 saturated heterocycles. The Hall–Kier alpha value is -2.36. The maximum absolute atomic E-state index is 14.1. The monoisotopic (exact) mass is 444 g/mol. The third-order valence-electron chi connectivity index (χ3n) is 5.90. The first kappa shape index (κ1) is 25.9. The highest BCUT2D eigenvalue weighted by Crippen LogP contribution is 2.33. The lowest BCUT2D eigenvalue weighted by Gasteiger charge is -2.23. The largest absolute Gasteiger partial charge is 0.490 e. The zero-order valence-electron chi connectivity index (χ0n) is 20.4. The standard InChI is InChI=1S/2C14H19FO/c1-14(2,3)11-5-4-6-12(13(11)15)16-9-10-7-8-10;1-5-9-16-13-10-11(7-8-12(13)15)14(3,4)6-2/h4-6,10H,7-9H2,1-3H3;5,7-8,10H,1,6,9H2,2-4H3. The fourth-order valence-electron chi connectivity index (χ4n) is 3.08. The number of halogens is 2. The normalized spacial score (nSPS) is 13.8. The number of benzene rings is 2. The van der Waals surface area contributed by atoms with Gasteiger partial charge in [-0.25, -0.2) is 8.78 Å². The van der Waals surface area contributed by atoms with Gasteiger partial charge in [0.25, 0.3) is 0 Å². The van der Waals surface area contributed by atoms with Gasteiger partial charge in [0.2, 0.25) is 0 Å². The first-order valence-electron chi connectivity index (χ1n) is 11.4. The van der Waals surface area contributed by atoms with Gasteiger partial charge < -0.3 is 9.47 Å². The zero-order chi connectivity index (χ0) is 23.9. The number of hydrogen-bond acceptors (Lipinski definition) is 2. The SMILES string of the molecule is C=CCOc1cc(C(C)(C)CC)ccc1F.CC(C)(C)c1cccc(OCC2CC2)c1F. The molecule has 3 rings (SSSR count). The molecule has 2 nitrogen and oxygen atoms in total. The molecule has 1 saturated carbocycles. The maximum atomic E-state index is 14.1. The minimum absolute atomic E-state index is 0.0417. The van der Waals surface area contributed by atoms with E-state index in [-0.39, 0.29) is 22.5 Å². The van der Waals surface area contributed by atoms with Crippen molar-refractivity contribution in [3.05, 3.63) is 71.8 Å². The topological polar surface area (TPSA) is 18.5 Å². The summed E-state index contributed by atoms with van der Waals surface area (Å²) in [6, 6.07) is 10.5. The Labute approximate surface area is 192 Å². The molecule has 0 heterocycles. The Kier molecular flexibility index (Phi) is 8.89. The van der Waals surface area contributed by atoms with Crippen LogP contribution in [0.5, 0.6) is 11.5 Å². The van der Waals surface area contributed by atoms with Crippen molar-refractivity contribution in [2.75, 3.05) is 13.2 Å². The highest BCUT2D eigenvalue weighted by Gasteiger charge is 2.24. The molecule has 0 aromatic heterocycles. The van der Waals surface area contributed by atoms with Crippen LogP contribution in [0, 0.1) is 17.6 Å². The average Bonchev–Trinajstić information content (AvgIpc) is 3.56. The minimum Gasteiger partial charge on any atom is -0.490 e. The summed E-state index contributed by atoms with van der Waals surface area (Å²) in [5.74, 6) is 0.837. The third kappa shape index (κ3) is 7.36. The van der Waals surface area contributed by atoms with Crippen LogP contribution >= 0.6 is 0 Å². The average molecular weight is 445 g/mol. The predicted molar refractivity (Wildman–Crippen MR) is 129 cm³/mol. The van der Waals surface area contributed by atoms with Crippen molar-refractivity contribution >= 4 is 0 Å². The summed E-state index contributed by atoms with van der Waals surface area (Å²) in [6.07, 6.45) is 5.05. The highest BCUT2D eigenvalue weighted by atomic mass is 19.1. The van der Waals surface area contributed by atoms with Crippen molar-refractivity contribution < 1.29 is 18.3 Å². The van der Waals surface area contributed by atoms with E-state index in [0.717, 1.165) is 17.5 Å². The van der Waals surface area contributed by atoms with E-state index in [0.29, 0.717) is 30.6 Å². The second-order valence-electron chi connectivity index (χ2n) is 10.1. The predicted octanol–water partition coefficient (Wildman–Crippen LogP) is 7.99. The van der Waals surface area contributed by atoms with Gasteiger partial charge in [-0.3, -0.25) is 0 Å². The van der Waals surface area contributed by atoms with Crippen LogP contribution in [0.25, 0.3) is 0 Å². The smallest absolute Gasteiger partial charge is 0.168 e. The lowest BCUT2D eigenvalue weighted by molar-refractivity contribution is 0.282. The van der Waals surface area contributed by atoms with Crippen molar-refractivity contribution in [1.82, 2.24) is 0 Å². The maximum Gasteiger partial charge on any atom is 0.168 e. The lowest BCUT2D eigenvalue weighted by Crippen LogP contribution is -2.15. The molecule has 0 amide bonds. The van der Waals surface area contributed by atoms with Crippen LogP contribution in [0.1, 0.15) is 71.9 Å². The molecule has 0 spiro atoms. The molecular weight excluding hydrogens is 406 g/mol. The van der Waals surface area contributed by atoms with Crippen LogP contribution in [-0.2, 0) is 10.8 Å². The zero-order valence-corrected chi connectivity index (χ0v) is 20.4. The summed E-state index contributed by atoms with van der Waals surface area (Å²) in [4.78, 5) is 0. The summed E-state index contributed by atoms with van der Waals surface area (Å²) >= 11 is 0. The number of ether oxygens (including phenoxy) is 2. The Bertz CT molecular complexity index is 893. The van der Waals surface area contributed by atoms with E-state index >= 15 is 0 Å². The van der Waals surface area contributed by atoms with E-state index in [1.807, 2.05) is 39.0 Å². The number of hydrogen-bond donors (Lipinski definition) is 0. The van der Waals surface area contributed by atoms with Gasteiger partial charge in [0.05, 0.1) is 6.61 Å². The molecule has 32 heavy (non-hydrogen) atoms. The van der Waals surface area contributed by atoms with Crippen LogP contribution in [0.4, 0.5) is 8.78 Å². The lowest BCUT2D eigenvalue weighted by atomic mass is 9.82.